The van der Waals surface area contributed by atoms with Gasteiger partial charge in [-0.3, -0.25) is 9.97 Å². The first-order chi connectivity index (χ1) is 28.4. The molecule has 262 valence electrons. The van der Waals surface area contributed by atoms with Crippen LogP contribution < -0.4 is 36.6 Å². The number of pyridine rings is 2. The van der Waals surface area contributed by atoms with Gasteiger partial charge in [-0.1, -0.05) is 105 Å². The Bertz CT molecular complexity index is 2730. The highest BCUT2D eigenvalue weighted by Crippen LogP contribution is 2.49. The fourth-order valence-corrected chi connectivity index (χ4v) is 12.4. The van der Waals surface area contributed by atoms with Gasteiger partial charge < -0.3 is 9.80 Å². The van der Waals surface area contributed by atoms with Crippen molar-refractivity contribution in [1.82, 2.24) is 9.97 Å². The minimum atomic E-state index is -2.33. The number of hydrogen-bond donors (Lipinski definition) is 0. The van der Waals surface area contributed by atoms with Crippen LogP contribution in [0.2, 0.25) is 13.1 Å². The molecule has 5 aromatic carbocycles. The molecule has 0 saturated carbocycles. The van der Waals surface area contributed by atoms with E-state index >= 15 is 0 Å². The zero-order valence-corrected chi connectivity index (χ0v) is 32.1. The Morgan fingerprint density at radius 3 is 1.46 bits per heavy atom. The molecule has 4 nitrogen and oxygen atoms in total. The zero-order valence-electron chi connectivity index (χ0n) is 37.1. The number of rotatable bonds is 4. The molecule has 0 radical (unpaired) electrons. The Kier molecular flexibility index (Phi) is 5.81. The van der Waals surface area contributed by atoms with E-state index in [0.717, 1.165) is 50.8 Å². The molecule has 2 aromatic heterocycles. The van der Waals surface area contributed by atoms with Gasteiger partial charge in [0.1, 0.15) is 8.07 Å². The van der Waals surface area contributed by atoms with Gasteiger partial charge in [0.25, 0.3) is 6.71 Å². The van der Waals surface area contributed by atoms with Gasteiger partial charge in [0.05, 0.1) is 22.8 Å². The zero-order chi connectivity index (χ0) is 42.1. The summed E-state index contributed by atoms with van der Waals surface area (Å²) in [5.41, 5.74) is 14.2. The second kappa shape index (κ2) is 11.6. The smallest absolute Gasteiger partial charge is 0.251 e. The second-order valence-electron chi connectivity index (χ2n) is 16.3. The van der Waals surface area contributed by atoms with Gasteiger partial charge in [0, 0.05) is 54.5 Å². The fourth-order valence-electron chi connectivity index (χ4n) is 9.20. The van der Waals surface area contributed by atoms with E-state index in [4.69, 9.17) is 18.2 Å². The molecule has 0 saturated heterocycles. The Hall–Kier alpha value is -5.72. The molecular weight excluding hydrogens is 671 g/mol. The number of para-hydroxylation sites is 2. The quantitative estimate of drug-likeness (QED) is 0.170. The van der Waals surface area contributed by atoms with Crippen molar-refractivity contribution in [2.75, 3.05) is 9.80 Å². The third-order valence-corrected chi connectivity index (χ3v) is 15.3. The summed E-state index contributed by atoms with van der Waals surface area (Å²) in [6, 6.07) is 41.2. The van der Waals surface area contributed by atoms with Crippen LogP contribution in [0.3, 0.4) is 0 Å². The number of benzene rings is 5. The van der Waals surface area contributed by atoms with Crippen LogP contribution in [0.1, 0.15) is 45.7 Å². The van der Waals surface area contributed by atoms with Crippen molar-refractivity contribution in [3.8, 4) is 22.5 Å². The molecule has 0 atom stereocenters. The molecule has 5 heterocycles. The lowest BCUT2D eigenvalue weighted by Crippen LogP contribution is -2.79. The normalized spacial score (nSPS) is 16.7. The number of nitrogens with zero attached hydrogens (tertiary/aromatic N) is 4. The molecule has 10 rings (SSSR count). The molecule has 3 aliphatic rings. The van der Waals surface area contributed by atoms with Crippen LogP contribution in [0.4, 0.5) is 34.1 Å². The Balaban J connectivity index is 1.32. The van der Waals surface area contributed by atoms with Gasteiger partial charge >= 0.3 is 0 Å². The van der Waals surface area contributed by atoms with Gasteiger partial charge in [-0.15, -0.1) is 0 Å². The Morgan fingerprint density at radius 1 is 0.537 bits per heavy atom. The maximum Gasteiger partial charge on any atom is 0.251 e. The minimum Gasteiger partial charge on any atom is -0.311 e. The minimum absolute atomic E-state index is 0.0530. The molecule has 6 heteroatoms. The van der Waals surface area contributed by atoms with E-state index in [1.54, 1.807) is 36.7 Å². The van der Waals surface area contributed by atoms with Gasteiger partial charge in [-0.05, 0) is 113 Å². The fraction of sp³-hybridized carbons (Fsp3) is 0.167. The third-order valence-electron chi connectivity index (χ3n) is 11.7. The maximum absolute atomic E-state index is 8.22. The summed E-state index contributed by atoms with van der Waals surface area (Å²) in [5.74, 6) is 0. The molecule has 0 spiro atoms. The van der Waals surface area contributed by atoms with Crippen LogP contribution in [-0.2, 0) is 5.41 Å². The lowest BCUT2D eigenvalue weighted by atomic mass is 9.33. The SMILES string of the molecule is [2H]C([2H])([2H])c1ccnc(-c2ccccc2N2c3cc(C(C)(C)C)cc4c3B3c5c2cccc5[Si](C)(C)c2cccc(c23)N4c2ccccc2-c2cc(C([2H])([2H])[2H])ccn2)c1. The van der Waals surface area contributed by atoms with Gasteiger partial charge in [0.2, 0.25) is 0 Å². The molecule has 0 fully saturated rings. The largest absolute Gasteiger partial charge is 0.311 e. The summed E-state index contributed by atoms with van der Waals surface area (Å²) in [4.78, 5) is 14.4. The van der Waals surface area contributed by atoms with Crippen molar-refractivity contribution in [2.24, 2.45) is 0 Å². The van der Waals surface area contributed by atoms with Gasteiger partial charge in [-0.2, -0.15) is 0 Å². The second-order valence-corrected chi connectivity index (χ2v) is 20.6. The van der Waals surface area contributed by atoms with Crippen molar-refractivity contribution < 1.29 is 8.22 Å². The molecule has 7 aromatic rings. The van der Waals surface area contributed by atoms with E-state index < -0.39 is 21.8 Å². The van der Waals surface area contributed by atoms with Crippen molar-refractivity contribution in [2.45, 2.75) is 53.0 Å². The third kappa shape index (κ3) is 4.69. The molecule has 54 heavy (non-hydrogen) atoms. The predicted octanol–water partition coefficient (Wildman–Crippen LogP) is 8.94. The van der Waals surface area contributed by atoms with Crippen molar-refractivity contribution in [1.29, 1.82) is 0 Å². The van der Waals surface area contributed by atoms with E-state index in [9.17, 15) is 0 Å². The highest BCUT2D eigenvalue weighted by Gasteiger charge is 2.52. The molecule has 3 aliphatic heterocycles. The summed E-state index contributed by atoms with van der Waals surface area (Å²) in [7, 11) is -2.33. The van der Waals surface area contributed by atoms with Gasteiger partial charge in [0.15, 0.2) is 0 Å². The van der Waals surface area contributed by atoms with E-state index in [-0.39, 0.29) is 23.3 Å². The Morgan fingerprint density at radius 2 is 1.00 bits per heavy atom. The van der Waals surface area contributed by atoms with Crippen molar-refractivity contribution in [3.05, 3.63) is 150 Å². The summed E-state index contributed by atoms with van der Waals surface area (Å²) >= 11 is 0. The molecule has 0 aliphatic carbocycles. The number of aryl methyl sites for hydroxylation is 2. The first-order valence-electron chi connectivity index (χ1n) is 21.6. The van der Waals surface area contributed by atoms with Crippen molar-refractivity contribution >= 4 is 75.7 Å². The lowest BCUT2D eigenvalue weighted by Gasteiger charge is -2.50. The average molecular weight is 721 g/mol. The summed E-state index contributed by atoms with van der Waals surface area (Å²) in [6.07, 6.45) is 3.19. The van der Waals surface area contributed by atoms with E-state index in [0.29, 0.717) is 11.4 Å². The summed E-state index contributed by atoms with van der Waals surface area (Å²) < 4.78 is 49.3. The number of hydrogen-bond acceptors (Lipinski definition) is 4. The van der Waals surface area contributed by atoms with Crippen LogP contribution in [0, 0.1) is 13.7 Å². The molecule has 0 N–H and O–H groups in total. The number of aromatic nitrogens is 2. The highest BCUT2D eigenvalue weighted by atomic mass is 28.3. The number of anilines is 6. The van der Waals surface area contributed by atoms with Crippen LogP contribution in [0.25, 0.3) is 22.5 Å². The highest BCUT2D eigenvalue weighted by molar-refractivity contribution is 7.16. The molecule has 0 unspecified atom stereocenters. The van der Waals surface area contributed by atoms with Crippen LogP contribution in [0.15, 0.2) is 134 Å². The van der Waals surface area contributed by atoms with Crippen LogP contribution >= 0.6 is 0 Å². The monoisotopic (exact) mass is 720 g/mol. The predicted molar refractivity (Wildman–Crippen MR) is 232 cm³/mol. The standard InChI is InChI=1S/C48H43BN4Si/c1-30-22-24-50-35(26-30)33-14-8-10-16-37(33)52-39-18-12-20-43-46(39)49-45-41(52)28-32(48(3,4)5)29-42(45)53(40-19-13-21-44(47(40)49)54(43,6)7)38-17-11-9-15-34(38)36-27-31(2)23-25-51-36/h8-29H,1-7H3/i1D3,2D3. The lowest BCUT2D eigenvalue weighted by molar-refractivity contribution is 0.590. The summed E-state index contributed by atoms with van der Waals surface area (Å²) in [5, 5.41) is 2.80. The first-order valence-corrected chi connectivity index (χ1v) is 21.6. The molecular formula is C48H43BN4Si. The van der Waals surface area contributed by atoms with E-state index in [1.165, 1.54) is 26.8 Å². The van der Waals surface area contributed by atoms with Crippen LogP contribution in [0.5, 0.6) is 0 Å². The van der Waals surface area contributed by atoms with Crippen molar-refractivity contribution in [3.63, 3.8) is 0 Å². The average Bonchev–Trinajstić information content (AvgIpc) is 3.22. The van der Waals surface area contributed by atoms with Gasteiger partial charge in [-0.25, -0.2) is 0 Å². The Labute approximate surface area is 328 Å². The first kappa shape index (κ1) is 27.0. The van der Waals surface area contributed by atoms with E-state index in [2.05, 4.69) is 104 Å². The molecule has 0 bridgehead atoms. The topological polar surface area (TPSA) is 32.3 Å². The molecule has 0 amide bonds. The summed E-state index contributed by atoms with van der Waals surface area (Å²) in [6.45, 7) is 7.01. The van der Waals surface area contributed by atoms with E-state index in [1.807, 2.05) is 36.4 Å². The van der Waals surface area contributed by atoms with Crippen LogP contribution in [-0.4, -0.2) is 24.8 Å². The maximum atomic E-state index is 8.22.